The Morgan fingerprint density at radius 1 is 1.38 bits per heavy atom. The number of nitrogens with zero attached hydrogens (tertiary/aromatic N) is 1. The second-order valence-corrected chi connectivity index (χ2v) is 7.81. The fraction of sp³-hybridized carbons (Fsp3) is 0.846. The molecule has 3 aliphatic heterocycles. The molecule has 3 rings (SSSR count). The van der Waals surface area contributed by atoms with Gasteiger partial charge in [0.25, 0.3) is 3.91 Å². The predicted octanol–water partition coefficient (Wildman–Crippen LogP) is 1.71. The highest BCUT2D eigenvalue weighted by atomic mass is 127. The molecule has 0 aromatic heterocycles. The van der Waals surface area contributed by atoms with Gasteiger partial charge in [-0.3, -0.25) is 14.5 Å². The van der Waals surface area contributed by atoms with Crippen LogP contribution in [0, 0.1) is 0 Å². The number of halogens is 1. The van der Waals surface area contributed by atoms with E-state index in [0.29, 0.717) is 5.37 Å². The van der Waals surface area contributed by atoms with E-state index in [-0.39, 0.29) is 34.3 Å². The molecule has 3 unspecified atom stereocenters. The van der Waals surface area contributed by atoms with E-state index in [1.54, 1.807) is 22.6 Å². The van der Waals surface area contributed by atoms with Crippen molar-refractivity contribution in [3.8, 4) is 0 Å². The van der Waals surface area contributed by atoms with Crippen LogP contribution in [0.25, 0.3) is 0 Å². The van der Waals surface area contributed by atoms with Gasteiger partial charge in [0.15, 0.2) is 0 Å². The Morgan fingerprint density at radius 2 is 2.19 bits per heavy atom. The molecule has 0 saturated carbocycles. The third-order valence-corrected chi connectivity index (χ3v) is 5.97. The van der Waals surface area contributed by atoms with Gasteiger partial charge in [-0.25, -0.2) is 0 Å². The summed E-state index contributed by atoms with van der Waals surface area (Å²) >= 11 is 3.61. The molecule has 0 radical (unpaired) electrons. The van der Waals surface area contributed by atoms with Gasteiger partial charge in [-0.05, 0) is 31.4 Å². The van der Waals surface area contributed by atoms with Crippen molar-refractivity contribution in [2.24, 2.45) is 0 Å². The maximum atomic E-state index is 12.0. The quantitative estimate of drug-likeness (QED) is 0.239. The van der Waals surface area contributed by atoms with E-state index in [4.69, 9.17) is 9.47 Å². The number of methoxy groups -OCH3 is 1. The molecule has 3 aliphatic rings. The summed E-state index contributed by atoms with van der Waals surface area (Å²) < 4.78 is 10.7. The second-order valence-electron chi connectivity index (χ2n) is 5.55. The number of rotatable bonds is 2. The lowest BCUT2D eigenvalue weighted by Gasteiger charge is -2.40. The zero-order chi connectivity index (χ0) is 15.0. The summed E-state index contributed by atoms with van der Waals surface area (Å²) in [6.07, 6.45) is 3.78. The van der Waals surface area contributed by atoms with Crippen molar-refractivity contribution in [3.05, 3.63) is 0 Å². The average Bonchev–Trinajstić information content (AvgIpc) is 3.22. The Morgan fingerprint density at radius 3 is 2.90 bits per heavy atom. The Hall–Kier alpha value is -0.0600. The van der Waals surface area contributed by atoms with Crippen LogP contribution in [0.2, 0.25) is 0 Å². The average molecular weight is 426 g/mol. The van der Waals surface area contributed by atoms with Crippen molar-refractivity contribution >= 4 is 44.2 Å². The maximum Gasteiger partial charge on any atom is 0.323 e. The normalized spacial score (nSPS) is 39.2. The fourth-order valence-electron chi connectivity index (χ4n) is 3.32. The third-order valence-electron chi connectivity index (χ3n) is 4.32. The highest BCUT2D eigenvalue weighted by molar-refractivity contribution is 14.1. The summed E-state index contributed by atoms with van der Waals surface area (Å²) in [5, 5.41) is 3.28. The summed E-state index contributed by atoms with van der Waals surface area (Å²) in [4.78, 5) is 25.5. The molecular weight excluding hydrogens is 407 g/mol. The molecule has 3 heterocycles. The molecule has 0 spiro atoms. The van der Waals surface area contributed by atoms with Crippen LogP contribution in [0.5, 0.6) is 0 Å². The molecule has 21 heavy (non-hydrogen) atoms. The van der Waals surface area contributed by atoms with Crippen molar-refractivity contribution in [2.45, 2.75) is 55.5 Å². The van der Waals surface area contributed by atoms with Crippen LogP contribution < -0.4 is 5.32 Å². The van der Waals surface area contributed by atoms with Crippen LogP contribution >= 0.6 is 34.4 Å². The standard InChI is InChI=1S/C13H19IN2O4S/c1-19-12(17)8-3-2-4-9-16(8)11-10(20-11)7(5-6-21-9)15-13(14)18/h7-11H,2-6H2,1H3,(H,15,18)/t7-,8-,9?,10?,11?/m0/s1. The van der Waals surface area contributed by atoms with Gasteiger partial charge in [0.1, 0.15) is 18.4 Å². The number of nitrogens with one attached hydrogen (secondary N) is 1. The first kappa shape index (κ1) is 15.8. The number of amides is 1. The monoisotopic (exact) mass is 426 g/mol. The predicted molar refractivity (Wildman–Crippen MR) is 87.4 cm³/mol. The van der Waals surface area contributed by atoms with Gasteiger partial charge in [0.05, 0.1) is 18.5 Å². The summed E-state index contributed by atoms with van der Waals surface area (Å²) in [5.74, 6) is 0.785. The Bertz CT molecular complexity index is 438. The van der Waals surface area contributed by atoms with E-state index in [1.165, 1.54) is 7.11 Å². The third kappa shape index (κ3) is 3.32. The molecule has 0 aromatic rings. The van der Waals surface area contributed by atoms with Crippen LogP contribution in [-0.2, 0) is 14.3 Å². The minimum atomic E-state index is -0.217. The molecule has 6 nitrogen and oxygen atoms in total. The molecule has 8 heteroatoms. The lowest BCUT2D eigenvalue weighted by atomic mass is 10.0. The molecule has 3 fully saturated rings. The van der Waals surface area contributed by atoms with E-state index >= 15 is 0 Å². The van der Waals surface area contributed by atoms with E-state index in [2.05, 4.69) is 10.2 Å². The number of epoxide rings is 1. The minimum Gasteiger partial charge on any atom is -0.468 e. The van der Waals surface area contributed by atoms with Gasteiger partial charge in [-0.2, -0.15) is 0 Å². The lowest BCUT2D eigenvalue weighted by molar-refractivity contribution is -0.150. The first-order valence-electron chi connectivity index (χ1n) is 7.20. The highest BCUT2D eigenvalue weighted by Crippen LogP contribution is 2.43. The lowest BCUT2D eigenvalue weighted by Crippen LogP contribution is -2.54. The van der Waals surface area contributed by atoms with Gasteiger partial charge >= 0.3 is 5.97 Å². The fourth-order valence-corrected chi connectivity index (χ4v) is 5.15. The number of piperidine rings is 1. The number of carbonyl (C=O) groups excluding carboxylic acids is 2. The molecule has 1 amide bonds. The van der Waals surface area contributed by atoms with Gasteiger partial charge in [-0.15, -0.1) is 11.8 Å². The number of fused-ring (bicyclic) bond motifs is 3. The first-order valence-corrected chi connectivity index (χ1v) is 9.33. The topological polar surface area (TPSA) is 71.2 Å². The van der Waals surface area contributed by atoms with E-state index in [0.717, 1.165) is 31.4 Å². The first-order chi connectivity index (χ1) is 10.1. The number of thioether (sulfide) groups is 1. The maximum absolute atomic E-state index is 12.0. The minimum absolute atomic E-state index is 0.00243. The smallest absolute Gasteiger partial charge is 0.323 e. The molecule has 0 bridgehead atoms. The zero-order valence-corrected chi connectivity index (χ0v) is 14.8. The molecule has 1 N–H and O–H groups in total. The van der Waals surface area contributed by atoms with E-state index in [1.807, 2.05) is 11.8 Å². The second kappa shape index (κ2) is 6.59. The molecule has 0 aromatic carbocycles. The number of hydrogen-bond acceptors (Lipinski definition) is 6. The molecular formula is C13H19IN2O4S. The molecule has 0 aliphatic carbocycles. The number of esters is 1. The van der Waals surface area contributed by atoms with Crippen LogP contribution in [0.1, 0.15) is 25.7 Å². The van der Waals surface area contributed by atoms with Crippen LogP contribution in [0.3, 0.4) is 0 Å². The Labute approximate surface area is 141 Å². The summed E-state index contributed by atoms with van der Waals surface area (Å²) in [6, 6.07) is -0.182. The number of hydrogen-bond donors (Lipinski definition) is 1. The zero-order valence-electron chi connectivity index (χ0n) is 11.8. The summed E-state index contributed by atoms with van der Waals surface area (Å²) in [6.45, 7) is 0. The highest BCUT2D eigenvalue weighted by Gasteiger charge is 2.55. The van der Waals surface area contributed by atoms with Gasteiger partial charge in [-0.1, -0.05) is 0 Å². The van der Waals surface area contributed by atoms with Gasteiger partial charge in [0.2, 0.25) is 0 Å². The van der Waals surface area contributed by atoms with Crippen molar-refractivity contribution in [3.63, 3.8) is 0 Å². The number of carbonyl (C=O) groups is 2. The Kier molecular flexibility index (Phi) is 4.97. The molecule has 5 atom stereocenters. The van der Waals surface area contributed by atoms with Crippen molar-refractivity contribution in [2.75, 3.05) is 12.9 Å². The van der Waals surface area contributed by atoms with Crippen molar-refractivity contribution < 1.29 is 19.1 Å². The van der Waals surface area contributed by atoms with Gasteiger partial charge < -0.3 is 14.8 Å². The van der Waals surface area contributed by atoms with Crippen LogP contribution in [0.4, 0.5) is 4.79 Å². The van der Waals surface area contributed by atoms with Crippen molar-refractivity contribution in [1.82, 2.24) is 10.2 Å². The van der Waals surface area contributed by atoms with Crippen LogP contribution in [-0.4, -0.2) is 57.4 Å². The molecule has 118 valence electrons. The summed E-state index contributed by atoms with van der Waals surface area (Å²) in [5.41, 5.74) is 0. The Balaban J connectivity index is 1.76. The number of ether oxygens (including phenoxy) is 2. The SMILES string of the molecule is COC(=O)[C@@H]1CCCC2SCC[C@H](NC(=O)I)C3OC3N21. The van der Waals surface area contributed by atoms with E-state index in [9.17, 15) is 9.59 Å². The van der Waals surface area contributed by atoms with E-state index < -0.39 is 0 Å². The van der Waals surface area contributed by atoms with Crippen LogP contribution in [0.15, 0.2) is 0 Å². The molecule has 3 saturated heterocycles. The van der Waals surface area contributed by atoms with Crippen molar-refractivity contribution in [1.29, 1.82) is 0 Å². The van der Waals surface area contributed by atoms with Gasteiger partial charge in [0, 0.05) is 22.6 Å². The summed E-state index contributed by atoms with van der Waals surface area (Å²) in [7, 11) is 1.44. The largest absolute Gasteiger partial charge is 0.468 e.